The van der Waals surface area contributed by atoms with E-state index in [9.17, 15) is 9.50 Å². The third kappa shape index (κ3) is 4.90. The topological polar surface area (TPSA) is 32.7 Å². The standard InChI is InChI=1S/C15H24FNO2/c1-11-5-6-13(9-14(11)16)15(18)7-8-17(3)12(2)10-19-4/h5-6,9,12,15,18H,7-8,10H2,1-4H3. The SMILES string of the molecule is COCC(C)N(C)CCC(O)c1ccc(C)c(F)c1. The number of aryl methyl sites for hydroxylation is 1. The van der Waals surface area contributed by atoms with Gasteiger partial charge in [-0.1, -0.05) is 12.1 Å². The van der Waals surface area contributed by atoms with E-state index < -0.39 is 6.10 Å². The van der Waals surface area contributed by atoms with Crippen LogP contribution in [0.4, 0.5) is 4.39 Å². The molecule has 0 radical (unpaired) electrons. The highest BCUT2D eigenvalue weighted by Gasteiger charge is 2.13. The van der Waals surface area contributed by atoms with E-state index in [0.717, 1.165) is 6.54 Å². The van der Waals surface area contributed by atoms with Crippen LogP contribution in [0, 0.1) is 12.7 Å². The van der Waals surface area contributed by atoms with Crippen LogP contribution >= 0.6 is 0 Å². The van der Waals surface area contributed by atoms with Gasteiger partial charge in [-0.25, -0.2) is 4.39 Å². The highest BCUT2D eigenvalue weighted by atomic mass is 19.1. The van der Waals surface area contributed by atoms with E-state index in [1.165, 1.54) is 6.07 Å². The summed E-state index contributed by atoms with van der Waals surface area (Å²) in [7, 11) is 3.67. The average Bonchev–Trinajstić information content (AvgIpc) is 2.39. The van der Waals surface area contributed by atoms with Crippen molar-refractivity contribution in [2.24, 2.45) is 0 Å². The van der Waals surface area contributed by atoms with Gasteiger partial charge in [0, 0.05) is 19.7 Å². The molecule has 0 bridgehead atoms. The molecule has 1 aromatic carbocycles. The van der Waals surface area contributed by atoms with Crippen molar-refractivity contribution in [1.29, 1.82) is 0 Å². The Morgan fingerprint density at radius 2 is 2.11 bits per heavy atom. The van der Waals surface area contributed by atoms with Crippen LogP contribution in [0.3, 0.4) is 0 Å². The molecular formula is C15H24FNO2. The van der Waals surface area contributed by atoms with Crippen molar-refractivity contribution >= 4 is 0 Å². The Kier molecular flexibility index (Phi) is 6.42. The molecule has 19 heavy (non-hydrogen) atoms. The van der Waals surface area contributed by atoms with E-state index in [2.05, 4.69) is 11.8 Å². The lowest BCUT2D eigenvalue weighted by Crippen LogP contribution is -2.34. The van der Waals surface area contributed by atoms with Crippen molar-refractivity contribution in [3.63, 3.8) is 0 Å². The number of rotatable bonds is 7. The van der Waals surface area contributed by atoms with Crippen molar-refractivity contribution in [3.8, 4) is 0 Å². The largest absolute Gasteiger partial charge is 0.388 e. The first kappa shape index (κ1) is 16.1. The van der Waals surface area contributed by atoms with Crippen molar-refractivity contribution < 1.29 is 14.2 Å². The molecule has 0 heterocycles. The number of aliphatic hydroxyl groups is 1. The summed E-state index contributed by atoms with van der Waals surface area (Å²) in [6, 6.07) is 5.19. The first-order valence-electron chi connectivity index (χ1n) is 6.59. The summed E-state index contributed by atoms with van der Waals surface area (Å²) in [5, 5.41) is 10.1. The molecule has 0 aromatic heterocycles. The van der Waals surface area contributed by atoms with Crippen LogP contribution in [0.5, 0.6) is 0 Å². The molecule has 0 amide bonds. The molecular weight excluding hydrogens is 245 g/mol. The zero-order valence-electron chi connectivity index (χ0n) is 12.2. The van der Waals surface area contributed by atoms with Crippen LogP contribution in [-0.2, 0) is 4.74 Å². The summed E-state index contributed by atoms with van der Waals surface area (Å²) in [4.78, 5) is 2.12. The van der Waals surface area contributed by atoms with Crippen LogP contribution in [0.2, 0.25) is 0 Å². The molecule has 2 atom stereocenters. The predicted octanol–water partition coefficient (Wildman–Crippen LogP) is 2.52. The van der Waals surface area contributed by atoms with E-state index in [-0.39, 0.29) is 5.82 Å². The van der Waals surface area contributed by atoms with Gasteiger partial charge in [-0.15, -0.1) is 0 Å². The van der Waals surface area contributed by atoms with Crippen molar-refractivity contribution in [1.82, 2.24) is 4.90 Å². The minimum atomic E-state index is -0.632. The number of hydrogen-bond donors (Lipinski definition) is 1. The summed E-state index contributed by atoms with van der Waals surface area (Å²) in [5.41, 5.74) is 1.23. The number of halogens is 1. The third-order valence-electron chi connectivity index (χ3n) is 3.50. The summed E-state index contributed by atoms with van der Waals surface area (Å²) < 4.78 is 18.5. The Hall–Kier alpha value is -0.970. The van der Waals surface area contributed by atoms with Crippen LogP contribution in [0.25, 0.3) is 0 Å². The maximum atomic E-state index is 13.4. The Morgan fingerprint density at radius 3 is 2.68 bits per heavy atom. The van der Waals surface area contributed by atoms with Crippen LogP contribution < -0.4 is 0 Å². The fourth-order valence-corrected chi connectivity index (χ4v) is 1.90. The lowest BCUT2D eigenvalue weighted by molar-refractivity contribution is 0.0960. The molecule has 3 nitrogen and oxygen atoms in total. The van der Waals surface area contributed by atoms with E-state index in [4.69, 9.17) is 4.74 Å². The number of benzene rings is 1. The molecule has 1 aromatic rings. The average molecular weight is 269 g/mol. The summed E-state index contributed by atoms with van der Waals surface area (Å²) >= 11 is 0. The highest BCUT2D eigenvalue weighted by Crippen LogP contribution is 2.19. The van der Waals surface area contributed by atoms with Gasteiger partial charge in [-0.05, 0) is 44.5 Å². The van der Waals surface area contributed by atoms with Gasteiger partial charge in [-0.2, -0.15) is 0 Å². The lowest BCUT2D eigenvalue weighted by Gasteiger charge is -2.25. The maximum Gasteiger partial charge on any atom is 0.126 e. The normalized spacial score (nSPS) is 14.7. The van der Waals surface area contributed by atoms with Gasteiger partial charge in [0.1, 0.15) is 5.82 Å². The number of hydrogen-bond acceptors (Lipinski definition) is 3. The van der Waals surface area contributed by atoms with E-state index in [1.807, 2.05) is 7.05 Å². The van der Waals surface area contributed by atoms with Gasteiger partial charge in [-0.3, -0.25) is 0 Å². The molecule has 1 rings (SSSR count). The van der Waals surface area contributed by atoms with E-state index >= 15 is 0 Å². The Balaban J connectivity index is 2.50. The molecule has 0 fully saturated rings. The molecule has 0 spiro atoms. The summed E-state index contributed by atoms with van der Waals surface area (Å²) in [5.74, 6) is -0.266. The minimum Gasteiger partial charge on any atom is -0.388 e. The lowest BCUT2D eigenvalue weighted by atomic mass is 10.0. The first-order valence-corrected chi connectivity index (χ1v) is 6.59. The number of methoxy groups -OCH3 is 1. The molecule has 108 valence electrons. The van der Waals surface area contributed by atoms with Gasteiger partial charge in [0.25, 0.3) is 0 Å². The summed E-state index contributed by atoms with van der Waals surface area (Å²) in [6.45, 7) is 5.18. The number of likely N-dealkylation sites (N-methyl/N-ethyl adjacent to an activating group) is 1. The second-order valence-corrected chi connectivity index (χ2v) is 5.10. The minimum absolute atomic E-state index is 0.266. The fraction of sp³-hybridized carbons (Fsp3) is 0.600. The molecule has 0 aliphatic rings. The van der Waals surface area contributed by atoms with Crippen molar-refractivity contribution in [2.45, 2.75) is 32.4 Å². The second-order valence-electron chi connectivity index (χ2n) is 5.10. The van der Waals surface area contributed by atoms with E-state index in [1.54, 1.807) is 26.2 Å². The van der Waals surface area contributed by atoms with Gasteiger partial charge in [0.15, 0.2) is 0 Å². The Bertz CT molecular complexity index is 398. The smallest absolute Gasteiger partial charge is 0.126 e. The quantitative estimate of drug-likeness (QED) is 0.825. The van der Waals surface area contributed by atoms with Crippen LogP contribution in [0.1, 0.15) is 30.6 Å². The third-order valence-corrected chi connectivity index (χ3v) is 3.50. The van der Waals surface area contributed by atoms with Gasteiger partial charge in [0.05, 0.1) is 12.7 Å². The fourth-order valence-electron chi connectivity index (χ4n) is 1.90. The zero-order valence-corrected chi connectivity index (χ0v) is 12.2. The van der Waals surface area contributed by atoms with Crippen molar-refractivity contribution in [2.75, 3.05) is 27.3 Å². The van der Waals surface area contributed by atoms with Crippen molar-refractivity contribution in [3.05, 3.63) is 35.1 Å². The Morgan fingerprint density at radius 1 is 1.42 bits per heavy atom. The molecule has 0 aliphatic heterocycles. The zero-order chi connectivity index (χ0) is 14.4. The number of aliphatic hydroxyl groups excluding tert-OH is 1. The highest BCUT2D eigenvalue weighted by molar-refractivity contribution is 5.24. The summed E-state index contributed by atoms with van der Waals surface area (Å²) in [6.07, 6.45) is -0.0557. The van der Waals surface area contributed by atoms with Gasteiger partial charge < -0.3 is 14.7 Å². The number of nitrogens with zero attached hydrogens (tertiary/aromatic N) is 1. The van der Waals surface area contributed by atoms with Gasteiger partial charge >= 0.3 is 0 Å². The van der Waals surface area contributed by atoms with Crippen LogP contribution in [-0.4, -0.2) is 43.4 Å². The molecule has 0 saturated heterocycles. The predicted molar refractivity (Wildman–Crippen MR) is 74.7 cm³/mol. The van der Waals surface area contributed by atoms with Crippen LogP contribution in [0.15, 0.2) is 18.2 Å². The molecule has 0 saturated carbocycles. The molecule has 0 aliphatic carbocycles. The Labute approximate surface area is 115 Å². The second kappa shape index (κ2) is 7.58. The molecule has 1 N–H and O–H groups in total. The maximum absolute atomic E-state index is 13.4. The molecule has 2 unspecified atom stereocenters. The molecule has 4 heteroatoms. The number of ether oxygens (including phenoxy) is 1. The van der Waals surface area contributed by atoms with Gasteiger partial charge in [0.2, 0.25) is 0 Å². The van der Waals surface area contributed by atoms with E-state index in [0.29, 0.717) is 30.2 Å². The first-order chi connectivity index (χ1) is 8.95. The monoisotopic (exact) mass is 269 g/mol.